The first-order valence-electron chi connectivity index (χ1n) is 8.21. The summed E-state index contributed by atoms with van der Waals surface area (Å²) in [6, 6.07) is 14.6. The third-order valence-corrected chi connectivity index (χ3v) is 4.75. The summed E-state index contributed by atoms with van der Waals surface area (Å²) in [5.41, 5.74) is 2.48. The van der Waals surface area contributed by atoms with Crippen LogP contribution in [-0.2, 0) is 14.3 Å². The van der Waals surface area contributed by atoms with Crippen molar-refractivity contribution in [1.82, 2.24) is 0 Å². The Bertz CT molecular complexity index is 978. The third-order valence-electron chi connectivity index (χ3n) is 4.26. The maximum absolute atomic E-state index is 13.2. The quantitative estimate of drug-likeness (QED) is 0.537. The molecule has 0 unspecified atom stereocenters. The molecule has 0 aliphatic carbocycles. The van der Waals surface area contributed by atoms with Crippen LogP contribution in [0.5, 0.6) is 5.75 Å². The van der Waals surface area contributed by atoms with Crippen molar-refractivity contribution in [2.24, 2.45) is 0 Å². The number of halogens is 1. The third kappa shape index (κ3) is 3.66. The lowest BCUT2D eigenvalue weighted by Crippen LogP contribution is -2.24. The maximum Gasteiger partial charge on any atom is 0.340 e. The van der Waals surface area contributed by atoms with Gasteiger partial charge < -0.3 is 9.47 Å². The number of methoxy groups -OCH3 is 2. The highest BCUT2D eigenvalue weighted by atomic mass is 79.9. The molecule has 6 heteroatoms. The second kappa shape index (κ2) is 7.80. The van der Waals surface area contributed by atoms with E-state index in [4.69, 9.17) is 9.47 Å². The van der Waals surface area contributed by atoms with Crippen LogP contribution in [0.1, 0.15) is 12.5 Å². The molecule has 0 saturated carbocycles. The van der Waals surface area contributed by atoms with Crippen molar-refractivity contribution in [2.45, 2.75) is 6.92 Å². The van der Waals surface area contributed by atoms with Gasteiger partial charge in [-0.3, -0.25) is 9.69 Å². The predicted molar refractivity (Wildman–Crippen MR) is 107 cm³/mol. The number of esters is 1. The smallest absolute Gasteiger partial charge is 0.340 e. The molecule has 0 atom stereocenters. The minimum Gasteiger partial charge on any atom is -0.497 e. The number of carbonyl (C=O) groups is 2. The zero-order valence-electron chi connectivity index (χ0n) is 15.2. The molecular weight excluding hydrogens is 410 g/mol. The van der Waals surface area contributed by atoms with E-state index in [1.54, 1.807) is 44.4 Å². The van der Waals surface area contributed by atoms with Crippen LogP contribution in [0.25, 0.3) is 6.08 Å². The van der Waals surface area contributed by atoms with E-state index < -0.39 is 5.97 Å². The summed E-state index contributed by atoms with van der Waals surface area (Å²) in [4.78, 5) is 27.1. The van der Waals surface area contributed by atoms with Crippen LogP contribution in [-0.4, -0.2) is 26.1 Å². The molecule has 0 N–H and O–H groups in total. The van der Waals surface area contributed by atoms with Crippen molar-refractivity contribution in [3.63, 3.8) is 0 Å². The molecule has 0 aromatic heterocycles. The number of amides is 1. The van der Waals surface area contributed by atoms with Gasteiger partial charge >= 0.3 is 5.97 Å². The van der Waals surface area contributed by atoms with Crippen LogP contribution in [0.3, 0.4) is 0 Å². The zero-order chi connectivity index (χ0) is 19.6. The minimum absolute atomic E-state index is 0.255. The van der Waals surface area contributed by atoms with Gasteiger partial charge in [-0.15, -0.1) is 0 Å². The Morgan fingerprint density at radius 3 is 2.52 bits per heavy atom. The molecule has 5 nitrogen and oxygen atoms in total. The first-order chi connectivity index (χ1) is 13.0. The van der Waals surface area contributed by atoms with Crippen molar-refractivity contribution in [2.75, 3.05) is 19.1 Å². The SMILES string of the molecule is COC(=O)C1=C(C)N(c2cccc(OC)c2)C(=O)C1=Cc1cccc(Br)c1. The van der Waals surface area contributed by atoms with Gasteiger partial charge in [0.25, 0.3) is 5.91 Å². The van der Waals surface area contributed by atoms with Crippen LogP contribution < -0.4 is 9.64 Å². The number of hydrogen-bond donors (Lipinski definition) is 0. The largest absolute Gasteiger partial charge is 0.497 e. The highest BCUT2D eigenvalue weighted by molar-refractivity contribution is 9.10. The van der Waals surface area contributed by atoms with E-state index in [1.807, 2.05) is 24.3 Å². The maximum atomic E-state index is 13.2. The van der Waals surface area contributed by atoms with Crippen molar-refractivity contribution in [3.05, 3.63) is 75.4 Å². The second-order valence-corrected chi connectivity index (χ2v) is 6.82. The fourth-order valence-electron chi connectivity index (χ4n) is 3.00. The summed E-state index contributed by atoms with van der Waals surface area (Å²) in [6.07, 6.45) is 1.70. The van der Waals surface area contributed by atoms with E-state index in [9.17, 15) is 9.59 Å². The summed E-state index contributed by atoms with van der Waals surface area (Å²) in [6.45, 7) is 1.73. The summed E-state index contributed by atoms with van der Waals surface area (Å²) in [7, 11) is 2.87. The van der Waals surface area contributed by atoms with Gasteiger partial charge in [0.05, 0.1) is 31.1 Å². The Balaban J connectivity index is 2.14. The van der Waals surface area contributed by atoms with Gasteiger partial charge in [-0.1, -0.05) is 34.1 Å². The Morgan fingerprint density at radius 1 is 1.11 bits per heavy atom. The van der Waals surface area contributed by atoms with Gasteiger partial charge in [0.1, 0.15) is 5.75 Å². The van der Waals surface area contributed by atoms with E-state index in [-0.39, 0.29) is 11.5 Å². The topological polar surface area (TPSA) is 55.8 Å². The van der Waals surface area contributed by atoms with E-state index in [0.29, 0.717) is 22.7 Å². The normalized spacial score (nSPS) is 15.5. The Kier molecular flexibility index (Phi) is 5.46. The number of ether oxygens (including phenoxy) is 2. The molecule has 0 spiro atoms. The first-order valence-corrected chi connectivity index (χ1v) is 9.01. The molecule has 2 aromatic carbocycles. The summed E-state index contributed by atoms with van der Waals surface area (Å²) in [5.74, 6) is -0.217. The van der Waals surface area contributed by atoms with E-state index in [1.165, 1.54) is 12.0 Å². The molecule has 2 aromatic rings. The number of benzene rings is 2. The molecule has 1 amide bonds. The number of nitrogens with zero attached hydrogens (tertiary/aromatic N) is 1. The molecule has 27 heavy (non-hydrogen) atoms. The van der Waals surface area contributed by atoms with Gasteiger partial charge in [-0.2, -0.15) is 0 Å². The average molecular weight is 428 g/mol. The Labute approximate surface area is 166 Å². The molecule has 0 fully saturated rings. The monoisotopic (exact) mass is 427 g/mol. The highest BCUT2D eigenvalue weighted by Crippen LogP contribution is 2.36. The number of allylic oxidation sites excluding steroid dienone is 1. The lowest BCUT2D eigenvalue weighted by Gasteiger charge is -2.18. The van der Waals surface area contributed by atoms with E-state index in [2.05, 4.69) is 15.9 Å². The average Bonchev–Trinajstić information content (AvgIpc) is 2.91. The van der Waals surface area contributed by atoms with Crippen LogP contribution in [0.2, 0.25) is 0 Å². The summed E-state index contributed by atoms with van der Waals surface area (Å²) in [5, 5.41) is 0. The van der Waals surface area contributed by atoms with Crippen LogP contribution >= 0.6 is 15.9 Å². The number of anilines is 1. The van der Waals surface area contributed by atoms with Crippen molar-refractivity contribution >= 4 is 39.6 Å². The van der Waals surface area contributed by atoms with Crippen molar-refractivity contribution < 1.29 is 19.1 Å². The molecule has 138 valence electrons. The second-order valence-electron chi connectivity index (χ2n) is 5.91. The van der Waals surface area contributed by atoms with Crippen molar-refractivity contribution in [1.29, 1.82) is 0 Å². The Hall–Kier alpha value is -2.86. The van der Waals surface area contributed by atoms with Crippen LogP contribution in [0, 0.1) is 0 Å². The van der Waals surface area contributed by atoms with E-state index >= 15 is 0 Å². The number of carbonyl (C=O) groups excluding carboxylic acids is 2. The first kappa shape index (κ1) is 18.9. The number of hydrogen-bond acceptors (Lipinski definition) is 4. The van der Waals surface area contributed by atoms with E-state index in [0.717, 1.165) is 10.0 Å². The standard InChI is InChI=1S/C21H18BrNO4/c1-13-19(21(25)27-3)18(11-14-6-4-7-15(22)10-14)20(24)23(13)16-8-5-9-17(12-16)26-2/h4-12H,1-3H3. The van der Waals surface area contributed by atoms with Crippen LogP contribution in [0.4, 0.5) is 5.69 Å². The fraction of sp³-hybridized carbons (Fsp3) is 0.143. The molecule has 0 radical (unpaired) electrons. The zero-order valence-corrected chi connectivity index (χ0v) is 16.7. The van der Waals surface area contributed by atoms with Gasteiger partial charge in [0.15, 0.2) is 0 Å². The minimum atomic E-state index is -0.549. The predicted octanol–water partition coefficient (Wildman–Crippen LogP) is 4.33. The molecule has 3 rings (SSSR count). The highest BCUT2D eigenvalue weighted by Gasteiger charge is 2.38. The van der Waals surface area contributed by atoms with Gasteiger partial charge in [-0.05, 0) is 42.8 Å². The van der Waals surface area contributed by atoms with Gasteiger partial charge in [0, 0.05) is 16.2 Å². The molecule has 0 bridgehead atoms. The lowest BCUT2D eigenvalue weighted by atomic mass is 10.0. The molecule has 0 saturated heterocycles. The molecule has 1 aliphatic rings. The summed E-state index contributed by atoms with van der Waals surface area (Å²) >= 11 is 3.42. The molecule has 1 aliphatic heterocycles. The lowest BCUT2D eigenvalue weighted by molar-refractivity contribution is -0.136. The Morgan fingerprint density at radius 2 is 1.85 bits per heavy atom. The molecular formula is C21H18BrNO4. The number of rotatable bonds is 4. The molecule has 1 heterocycles. The summed E-state index contributed by atoms with van der Waals surface area (Å²) < 4.78 is 11.1. The van der Waals surface area contributed by atoms with Crippen LogP contribution in [0.15, 0.2) is 69.8 Å². The fourth-order valence-corrected chi connectivity index (χ4v) is 3.42. The van der Waals surface area contributed by atoms with Crippen molar-refractivity contribution in [3.8, 4) is 5.75 Å². The van der Waals surface area contributed by atoms with Gasteiger partial charge in [0.2, 0.25) is 0 Å². The van der Waals surface area contributed by atoms with Gasteiger partial charge in [-0.25, -0.2) is 4.79 Å².